The van der Waals surface area contributed by atoms with Crippen molar-refractivity contribution in [1.82, 2.24) is 0 Å². The van der Waals surface area contributed by atoms with Crippen molar-refractivity contribution in [2.45, 2.75) is 47.5 Å². The molecule has 0 amide bonds. The van der Waals surface area contributed by atoms with Crippen LogP contribution in [0.15, 0.2) is 29.2 Å². The summed E-state index contributed by atoms with van der Waals surface area (Å²) in [7, 11) is -2.95. The lowest BCUT2D eigenvalue weighted by molar-refractivity contribution is -0.136. The van der Waals surface area contributed by atoms with E-state index in [1.807, 2.05) is 24.3 Å². The van der Waals surface area contributed by atoms with Crippen LogP contribution in [0.2, 0.25) is 0 Å². The highest BCUT2D eigenvalue weighted by molar-refractivity contribution is 8.00. The van der Waals surface area contributed by atoms with Crippen LogP contribution in [0.25, 0.3) is 0 Å². The van der Waals surface area contributed by atoms with E-state index >= 15 is 0 Å². The molecule has 2 unspecified atom stereocenters. The minimum Gasteiger partial charge on any atom is -0.481 e. The Morgan fingerprint density at radius 3 is 2.52 bits per heavy atom. The van der Waals surface area contributed by atoms with Crippen molar-refractivity contribution in [1.29, 1.82) is 0 Å². The minimum atomic E-state index is -2.95. The van der Waals surface area contributed by atoms with E-state index in [-0.39, 0.29) is 11.7 Å². The molecule has 2 rings (SSSR count). The van der Waals surface area contributed by atoms with Gasteiger partial charge in [-0.25, -0.2) is 8.42 Å². The molecule has 1 aromatic rings. The zero-order valence-corrected chi connectivity index (χ0v) is 13.6. The lowest BCUT2D eigenvalue weighted by atomic mass is 10.00. The molecule has 1 N–H and O–H groups in total. The molecule has 2 atom stereocenters. The van der Waals surface area contributed by atoms with Crippen molar-refractivity contribution in [3.63, 3.8) is 0 Å². The van der Waals surface area contributed by atoms with E-state index in [1.54, 1.807) is 11.8 Å². The van der Waals surface area contributed by atoms with Gasteiger partial charge >= 0.3 is 5.97 Å². The molecule has 0 heterocycles. The summed E-state index contributed by atoms with van der Waals surface area (Å²) in [6.45, 7) is 0. The molecular weight excluding hydrogens is 308 g/mol. The Labute approximate surface area is 129 Å². The van der Waals surface area contributed by atoms with E-state index in [0.29, 0.717) is 11.7 Å². The second-order valence-electron chi connectivity index (χ2n) is 5.57. The Balaban J connectivity index is 1.96. The van der Waals surface area contributed by atoms with E-state index < -0.39 is 15.8 Å². The summed E-state index contributed by atoms with van der Waals surface area (Å²) in [6.07, 6.45) is 4.82. The number of carbonyl (C=O) groups is 1. The van der Waals surface area contributed by atoms with Crippen LogP contribution in [0.5, 0.6) is 0 Å². The van der Waals surface area contributed by atoms with E-state index in [4.69, 9.17) is 5.11 Å². The number of sulfone groups is 1. The first kappa shape index (κ1) is 16.4. The molecule has 0 aromatic heterocycles. The molecule has 4 nitrogen and oxygen atoms in total. The van der Waals surface area contributed by atoms with Crippen LogP contribution in [0, 0.1) is 0 Å². The van der Waals surface area contributed by atoms with E-state index in [9.17, 15) is 13.2 Å². The zero-order chi connectivity index (χ0) is 15.5. The summed E-state index contributed by atoms with van der Waals surface area (Å²) in [5, 5.41) is 8.85. The van der Waals surface area contributed by atoms with Gasteiger partial charge in [0.25, 0.3) is 0 Å². The van der Waals surface area contributed by atoms with Crippen molar-refractivity contribution in [2.75, 3.05) is 6.26 Å². The quantitative estimate of drug-likeness (QED) is 0.900. The number of carboxylic acids is 1. The Morgan fingerprint density at radius 1 is 1.29 bits per heavy atom. The van der Waals surface area contributed by atoms with Crippen LogP contribution in [0.4, 0.5) is 0 Å². The van der Waals surface area contributed by atoms with E-state index in [0.717, 1.165) is 29.7 Å². The maximum absolute atomic E-state index is 11.7. The van der Waals surface area contributed by atoms with Crippen LogP contribution in [0.3, 0.4) is 0 Å². The Hall–Kier alpha value is -1.01. The molecular formula is C15H20O4S2. The maximum Gasteiger partial charge on any atom is 0.307 e. The first-order chi connectivity index (χ1) is 9.84. The number of benzene rings is 1. The highest BCUT2D eigenvalue weighted by Gasteiger charge is 2.29. The summed E-state index contributed by atoms with van der Waals surface area (Å²) in [5.74, 6) is -0.835. The highest BCUT2D eigenvalue weighted by atomic mass is 32.2. The van der Waals surface area contributed by atoms with Gasteiger partial charge in [0.1, 0.15) is 9.84 Å². The third-order valence-electron chi connectivity index (χ3n) is 3.76. The third kappa shape index (κ3) is 5.04. The lowest BCUT2D eigenvalue weighted by Gasteiger charge is -2.27. The molecule has 0 bridgehead atoms. The molecule has 6 heteroatoms. The first-order valence-electron chi connectivity index (χ1n) is 7.01. The number of rotatable bonds is 5. The largest absolute Gasteiger partial charge is 0.481 e. The Morgan fingerprint density at radius 2 is 1.95 bits per heavy atom. The van der Waals surface area contributed by atoms with Gasteiger partial charge < -0.3 is 5.11 Å². The van der Waals surface area contributed by atoms with Gasteiger partial charge in [0.2, 0.25) is 0 Å². The molecule has 1 aromatic carbocycles. The van der Waals surface area contributed by atoms with Crippen molar-refractivity contribution in [3.05, 3.63) is 29.8 Å². The third-order valence-corrected chi connectivity index (χ3v) is 6.71. The van der Waals surface area contributed by atoms with Gasteiger partial charge in [0.05, 0.1) is 11.7 Å². The average molecular weight is 328 g/mol. The average Bonchev–Trinajstić information content (AvgIpc) is 2.40. The maximum atomic E-state index is 11.7. The summed E-state index contributed by atoms with van der Waals surface area (Å²) < 4.78 is 23.3. The van der Waals surface area contributed by atoms with Gasteiger partial charge in [0, 0.05) is 16.4 Å². The van der Waals surface area contributed by atoms with Crippen molar-refractivity contribution < 1.29 is 18.3 Å². The van der Waals surface area contributed by atoms with Crippen LogP contribution >= 0.6 is 11.8 Å². The van der Waals surface area contributed by atoms with Crippen molar-refractivity contribution in [2.24, 2.45) is 0 Å². The SMILES string of the molecule is CS(=O)(=O)C1CCCC(Sc2ccc(CC(=O)O)cc2)C1. The zero-order valence-electron chi connectivity index (χ0n) is 12.0. The van der Waals surface area contributed by atoms with Crippen molar-refractivity contribution >= 4 is 27.6 Å². The van der Waals surface area contributed by atoms with Crippen LogP contribution in [-0.2, 0) is 21.1 Å². The summed E-state index contributed by atoms with van der Waals surface area (Å²) in [4.78, 5) is 11.7. The number of hydrogen-bond acceptors (Lipinski definition) is 4. The Bertz CT molecular complexity index is 593. The summed E-state index contributed by atoms with van der Waals surface area (Å²) in [5.41, 5.74) is 0.782. The fourth-order valence-electron chi connectivity index (χ4n) is 2.65. The predicted octanol–water partition coefficient (Wildman–Crippen LogP) is 2.76. The number of aliphatic carboxylic acids is 1. The molecule has 1 aliphatic carbocycles. The second-order valence-corrected chi connectivity index (χ2v) is 9.27. The van der Waals surface area contributed by atoms with Gasteiger partial charge in [-0.2, -0.15) is 0 Å². The monoisotopic (exact) mass is 328 g/mol. The second kappa shape index (κ2) is 6.83. The molecule has 0 radical (unpaired) electrons. The first-order valence-corrected chi connectivity index (χ1v) is 9.84. The molecule has 116 valence electrons. The van der Waals surface area contributed by atoms with Crippen LogP contribution < -0.4 is 0 Å². The van der Waals surface area contributed by atoms with Gasteiger partial charge in [-0.15, -0.1) is 11.8 Å². The highest BCUT2D eigenvalue weighted by Crippen LogP contribution is 2.35. The fraction of sp³-hybridized carbons (Fsp3) is 0.533. The minimum absolute atomic E-state index is 0.0323. The standard InChI is InChI=1S/C15H20O4S2/c1-21(18,19)14-4-2-3-13(10-14)20-12-7-5-11(6-8-12)9-15(16)17/h5-8,13-14H,2-4,9-10H2,1H3,(H,16,17). The normalized spacial score (nSPS) is 22.9. The smallest absolute Gasteiger partial charge is 0.307 e. The van der Waals surface area contributed by atoms with Gasteiger partial charge in [-0.05, 0) is 37.0 Å². The number of thioether (sulfide) groups is 1. The molecule has 21 heavy (non-hydrogen) atoms. The summed E-state index contributed by atoms with van der Waals surface area (Å²) >= 11 is 1.70. The molecule has 1 fully saturated rings. The van der Waals surface area contributed by atoms with Crippen LogP contribution in [-0.4, -0.2) is 36.2 Å². The van der Waals surface area contributed by atoms with Gasteiger partial charge in [0.15, 0.2) is 0 Å². The molecule has 0 saturated heterocycles. The number of hydrogen-bond donors (Lipinski definition) is 1. The van der Waals surface area contributed by atoms with E-state index in [1.165, 1.54) is 6.26 Å². The van der Waals surface area contributed by atoms with Crippen LogP contribution in [0.1, 0.15) is 31.2 Å². The predicted molar refractivity (Wildman–Crippen MR) is 84.5 cm³/mol. The molecule has 1 saturated carbocycles. The number of carboxylic acid groups (broad SMARTS) is 1. The van der Waals surface area contributed by atoms with Gasteiger partial charge in [-0.1, -0.05) is 18.6 Å². The van der Waals surface area contributed by atoms with Crippen molar-refractivity contribution in [3.8, 4) is 0 Å². The Kier molecular flexibility index (Phi) is 5.32. The van der Waals surface area contributed by atoms with E-state index in [2.05, 4.69) is 0 Å². The topological polar surface area (TPSA) is 71.4 Å². The molecule has 0 aliphatic heterocycles. The molecule has 1 aliphatic rings. The summed E-state index contributed by atoms with van der Waals surface area (Å²) in [6, 6.07) is 7.50. The lowest BCUT2D eigenvalue weighted by Crippen LogP contribution is -2.28. The molecule has 0 spiro atoms. The van der Waals surface area contributed by atoms with Gasteiger partial charge in [-0.3, -0.25) is 4.79 Å². The fourth-order valence-corrected chi connectivity index (χ4v) is 5.24.